The van der Waals surface area contributed by atoms with E-state index in [1.165, 1.54) is 0 Å². The molecule has 2 aromatic heterocycles. The molecule has 2 aromatic carbocycles. The molecule has 128 valence electrons. The van der Waals surface area contributed by atoms with Crippen LogP contribution in [0.15, 0.2) is 46.0 Å². The highest BCUT2D eigenvalue weighted by atomic mass is 35.5. The number of nitrogens with one attached hydrogen (secondary N) is 2. The Morgan fingerprint density at radius 3 is 2.38 bits per heavy atom. The highest BCUT2D eigenvalue weighted by Crippen LogP contribution is 2.24. The molecule has 1 aliphatic rings. The first-order valence-electron chi connectivity index (χ1n) is 8.18. The molecule has 5 rings (SSSR count). The van der Waals surface area contributed by atoms with Crippen LogP contribution in [0.5, 0.6) is 0 Å². The molecule has 1 unspecified atom stereocenters. The van der Waals surface area contributed by atoms with E-state index in [0.29, 0.717) is 49.7 Å². The summed E-state index contributed by atoms with van der Waals surface area (Å²) in [6, 6.07) is 8.61. The van der Waals surface area contributed by atoms with E-state index in [9.17, 15) is 9.59 Å². The fourth-order valence-electron chi connectivity index (χ4n) is 3.60. The van der Waals surface area contributed by atoms with Crippen LogP contribution in [-0.4, -0.2) is 15.3 Å². The third-order valence-electron chi connectivity index (χ3n) is 4.88. The second kappa shape index (κ2) is 5.47. The number of pyridine rings is 2. The molecule has 0 aliphatic heterocycles. The SMILES string of the molecule is O=c1c2c([nH]c3cc4c(=O)c5cc(Cl)ccc5[nH]c4cc13)C=CC(Cl)C2. The molecular formula is C20H12Cl2N2O2. The third-order valence-corrected chi connectivity index (χ3v) is 5.42. The fourth-order valence-corrected chi connectivity index (χ4v) is 4.00. The van der Waals surface area contributed by atoms with Crippen LogP contribution in [0.4, 0.5) is 0 Å². The summed E-state index contributed by atoms with van der Waals surface area (Å²) in [7, 11) is 0. The van der Waals surface area contributed by atoms with Crippen molar-refractivity contribution < 1.29 is 0 Å². The van der Waals surface area contributed by atoms with E-state index in [1.807, 2.05) is 12.2 Å². The highest BCUT2D eigenvalue weighted by Gasteiger charge is 2.18. The Morgan fingerprint density at radius 2 is 1.58 bits per heavy atom. The number of aromatic nitrogens is 2. The molecule has 2 N–H and O–H groups in total. The molecule has 2 heterocycles. The Morgan fingerprint density at radius 1 is 0.885 bits per heavy atom. The lowest BCUT2D eigenvalue weighted by atomic mass is 9.98. The van der Waals surface area contributed by atoms with E-state index in [4.69, 9.17) is 23.2 Å². The van der Waals surface area contributed by atoms with Gasteiger partial charge in [0.2, 0.25) is 0 Å². The van der Waals surface area contributed by atoms with Crippen LogP contribution in [0.2, 0.25) is 5.02 Å². The van der Waals surface area contributed by atoms with Gasteiger partial charge in [0.05, 0.1) is 16.4 Å². The average molecular weight is 383 g/mol. The summed E-state index contributed by atoms with van der Waals surface area (Å²) in [5.74, 6) is 0. The van der Waals surface area contributed by atoms with Crippen LogP contribution in [-0.2, 0) is 6.42 Å². The monoisotopic (exact) mass is 382 g/mol. The summed E-state index contributed by atoms with van der Waals surface area (Å²) in [6.07, 6.45) is 4.17. The molecule has 26 heavy (non-hydrogen) atoms. The maximum atomic E-state index is 12.9. The Balaban J connectivity index is 1.93. The van der Waals surface area contributed by atoms with Gasteiger partial charge in [-0.25, -0.2) is 0 Å². The topological polar surface area (TPSA) is 65.7 Å². The number of benzene rings is 2. The van der Waals surface area contributed by atoms with Gasteiger partial charge in [-0.15, -0.1) is 11.6 Å². The van der Waals surface area contributed by atoms with Crippen molar-refractivity contribution in [3.8, 4) is 0 Å². The van der Waals surface area contributed by atoms with E-state index in [2.05, 4.69) is 9.97 Å². The maximum Gasteiger partial charge on any atom is 0.197 e. The van der Waals surface area contributed by atoms with Crippen LogP contribution < -0.4 is 10.9 Å². The summed E-state index contributed by atoms with van der Waals surface area (Å²) >= 11 is 12.2. The summed E-state index contributed by atoms with van der Waals surface area (Å²) in [6.45, 7) is 0. The standard InChI is InChI=1S/C20H12Cl2N2O2/c21-9-1-3-15-11(5-9)19(25)13-8-18-14(7-17(13)23-15)20(26)12-6-10(22)2-4-16(12)24-18/h1-5,7-8,10H,6H2,(H,23,25)(H,24,26). The first kappa shape index (κ1) is 15.7. The molecule has 0 radical (unpaired) electrons. The van der Waals surface area contributed by atoms with Gasteiger partial charge in [0.15, 0.2) is 10.9 Å². The lowest BCUT2D eigenvalue weighted by Crippen LogP contribution is -2.19. The van der Waals surface area contributed by atoms with E-state index >= 15 is 0 Å². The second-order valence-electron chi connectivity index (χ2n) is 6.51. The largest absolute Gasteiger partial charge is 0.355 e. The quantitative estimate of drug-likeness (QED) is 0.350. The van der Waals surface area contributed by atoms with Crippen molar-refractivity contribution in [2.75, 3.05) is 0 Å². The Bertz CT molecular complexity index is 1380. The average Bonchev–Trinajstić information content (AvgIpc) is 2.63. The molecule has 4 aromatic rings. The van der Waals surface area contributed by atoms with E-state index in [1.54, 1.807) is 30.3 Å². The molecule has 0 spiro atoms. The van der Waals surface area contributed by atoms with Crippen molar-refractivity contribution in [1.82, 2.24) is 9.97 Å². The first-order valence-corrected chi connectivity index (χ1v) is 8.99. The number of alkyl halides is 1. The highest BCUT2D eigenvalue weighted by molar-refractivity contribution is 6.31. The van der Waals surface area contributed by atoms with E-state index in [-0.39, 0.29) is 16.2 Å². The van der Waals surface area contributed by atoms with Gasteiger partial charge in [-0.1, -0.05) is 17.7 Å². The Kier molecular flexibility index (Phi) is 3.30. The predicted molar refractivity (Wildman–Crippen MR) is 108 cm³/mol. The minimum Gasteiger partial charge on any atom is -0.355 e. The lowest BCUT2D eigenvalue weighted by molar-refractivity contribution is 0.968. The summed E-state index contributed by atoms with van der Waals surface area (Å²) in [5, 5.41) is 1.90. The Labute approximate surface area is 157 Å². The van der Waals surface area contributed by atoms with Gasteiger partial charge < -0.3 is 9.97 Å². The number of hydrogen-bond donors (Lipinski definition) is 2. The number of fused-ring (bicyclic) bond motifs is 4. The molecule has 0 fully saturated rings. The third kappa shape index (κ3) is 2.23. The molecule has 0 amide bonds. The number of hydrogen-bond acceptors (Lipinski definition) is 2. The van der Waals surface area contributed by atoms with Gasteiger partial charge >= 0.3 is 0 Å². The first-order chi connectivity index (χ1) is 12.5. The van der Waals surface area contributed by atoms with Gasteiger partial charge in [-0.2, -0.15) is 0 Å². The van der Waals surface area contributed by atoms with Gasteiger partial charge in [0.25, 0.3) is 0 Å². The zero-order chi connectivity index (χ0) is 18.0. The van der Waals surface area contributed by atoms with Crippen molar-refractivity contribution in [1.29, 1.82) is 0 Å². The van der Waals surface area contributed by atoms with Crippen molar-refractivity contribution in [2.24, 2.45) is 0 Å². The molecule has 0 saturated heterocycles. The molecule has 1 atom stereocenters. The second-order valence-corrected chi connectivity index (χ2v) is 7.51. The number of rotatable bonds is 0. The zero-order valence-corrected chi connectivity index (χ0v) is 14.9. The van der Waals surface area contributed by atoms with Crippen LogP contribution in [0.1, 0.15) is 11.3 Å². The van der Waals surface area contributed by atoms with Crippen molar-refractivity contribution >= 4 is 62.0 Å². The number of aromatic amines is 2. The molecule has 1 aliphatic carbocycles. The van der Waals surface area contributed by atoms with Crippen molar-refractivity contribution in [3.05, 3.63) is 73.1 Å². The number of H-pyrrole nitrogens is 2. The van der Waals surface area contributed by atoms with Gasteiger partial charge in [-0.3, -0.25) is 9.59 Å². The van der Waals surface area contributed by atoms with E-state index < -0.39 is 0 Å². The number of halogens is 2. The maximum absolute atomic E-state index is 12.9. The van der Waals surface area contributed by atoms with Crippen molar-refractivity contribution in [2.45, 2.75) is 11.8 Å². The smallest absolute Gasteiger partial charge is 0.197 e. The summed E-state index contributed by atoms with van der Waals surface area (Å²) in [5.41, 5.74) is 3.19. The molecule has 0 saturated carbocycles. The molecule has 4 nitrogen and oxygen atoms in total. The summed E-state index contributed by atoms with van der Waals surface area (Å²) in [4.78, 5) is 32.3. The Hall–Kier alpha value is -2.56. The minimum atomic E-state index is -0.185. The zero-order valence-electron chi connectivity index (χ0n) is 13.4. The normalized spacial score (nSPS) is 16.5. The molecular weight excluding hydrogens is 371 g/mol. The van der Waals surface area contributed by atoms with Gasteiger partial charge in [0.1, 0.15) is 0 Å². The lowest BCUT2D eigenvalue weighted by Gasteiger charge is -2.15. The van der Waals surface area contributed by atoms with Crippen LogP contribution in [0, 0.1) is 0 Å². The van der Waals surface area contributed by atoms with E-state index in [0.717, 1.165) is 5.69 Å². The molecule has 0 bridgehead atoms. The minimum absolute atomic E-state index is 0.0531. The summed E-state index contributed by atoms with van der Waals surface area (Å²) < 4.78 is 0. The molecule has 6 heteroatoms. The number of allylic oxidation sites excluding steroid dienone is 1. The fraction of sp³-hybridized carbons (Fsp3) is 0.100. The van der Waals surface area contributed by atoms with Crippen LogP contribution in [0.3, 0.4) is 0 Å². The van der Waals surface area contributed by atoms with Crippen molar-refractivity contribution in [3.63, 3.8) is 0 Å². The van der Waals surface area contributed by atoms with Crippen LogP contribution >= 0.6 is 23.2 Å². The predicted octanol–water partition coefficient (Wildman–Crippen LogP) is 4.35. The van der Waals surface area contributed by atoms with Crippen LogP contribution in [0.25, 0.3) is 38.8 Å². The van der Waals surface area contributed by atoms with Gasteiger partial charge in [-0.05, 0) is 42.8 Å². The van der Waals surface area contributed by atoms with Gasteiger partial charge in [0, 0.05) is 38.0 Å².